The summed E-state index contributed by atoms with van der Waals surface area (Å²) in [4.78, 5) is 2.40. The van der Waals surface area contributed by atoms with Crippen LogP contribution in [0, 0.1) is 0 Å². The minimum atomic E-state index is 0.856. The topological polar surface area (TPSA) is 24.5 Å². The van der Waals surface area contributed by atoms with Gasteiger partial charge in [-0.25, -0.2) is 0 Å². The average molecular weight is 204 g/mol. The number of ether oxygens (including phenoxy) is 1. The summed E-state index contributed by atoms with van der Waals surface area (Å²) >= 11 is 0. The third kappa shape index (κ3) is 1.67. The molecule has 0 saturated carbocycles. The first-order chi connectivity index (χ1) is 7.43. The maximum atomic E-state index is 5.36. The molecule has 15 heavy (non-hydrogen) atoms. The molecule has 80 valence electrons. The standard InChI is InChI=1S/C12H16N2O/c1-2-12-10(3-4-13-12)9-11(1)14-5-7-15-8-6-14/h1-2,9,13H,3-8H2. The maximum absolute atomic E-state index is 5.36. The van der Waals surface area contributed by atoms with Crippen molar-refractivity contribution in [2.45, 2.75) is 6.42 Å². The Morgan fingerprint density at radius 3 is 2.93 bits per heavy atom. The molecule has 0 radical (unpaired) electrons. The van der Waals surface area contributed by atoms with E-state index in [1.54, 1.807) is 0 Å². The number of nitrogens with one attached hydrogen (secondary N) is 1. The van der Waals surface area contributed by atoms with Gasteiger partial charge in [-0.15, -0.1) is 0 Å². The first-order valence-electron chi connectivity index (χ1n) is 5.63. The molecule has 0 bridgehead atoms. The van der Waals surface area contributed by atoms with E-state index in [0.717, 1.165) is 39.3 Å². The van der Waals surface area contributed by atoms with Crippen molar-refractivity contribution in [3.63, 3.8) is 0 Å². The smallest absolute Gasteiger partial charge is 0.0642 e. The molecule has 2 aliphatic rings. The highest BCUT2D eigenvalue weighted by molar-refractivity contribution is 5.63. The van der Waals surface area contributed by atoms with Gasteiger partial charge in [-0.3, -0.25) is 0 Å². The largest absolute Gasteiger partial charge is 0.384 e. The number of morpholine rings is 1. The third-order valence-corrected chi connectivity index (χ3v) is 3.17. The summed E-state index contributed by atoms with van der Waals surface area (Å²) in [5, 5.41) is 3.39. The van der Waals surface area contributed by atoms with Crippen molar-refractivity contribution in [3.05, 3.63) is 23.8 Å². The van der Waals surface area contributed by atoms with E-state index in [1.807, 2.05) is 0 Å². The van der Waals surface area contributed by atoms with Crippen molar-refractivity contribution in [1.82, 2.24) is 0 Å². The van der Waals surface area contributed by atoms with Crippen LogP contribution in [0.25, 0.3) is 0 Å². The van der Waals surface area contributed by atoms with E-state index in [4.69, 9.17) is 4.74 Å². The zero-order chi connectivity index (χ0) is 10.1. The van der Waals surface area contributed by atoms with E-state index in [-0.39, 0.29) is 0 Å². The lowest BCUT2D eigenvalue weighted by Crippen LogP contribution is -2.36. The lowest BCUT2D eigenvalue weighted by Gasteiger charge is -2.29. The fraction of sp³-hybridized carbons (Fsp3) is 0.500. The van der Waals surface area contributed by atoms with Crippen LogP contribution in [0.15, 0.2) is 18.2 Å². The van der Waals surface area contributed by atoms with Crippen molar-refractivity contribution >= 4 is 11.4 Å². The molecular formula is C12H16N2O. The minimum Gasteiger partial charge on any atom is -0.384 e. The highest BCUT2D eigenvalue weighted by Crippen LogP contribution is 2.27. The second-order valence-corrected chi connectivity index (χ2v) is 4.12. The highest BCUT2D eigenvalue weighted by Gasteiger charge is 2.15. The van der Waals surface area contributed by atoms with E-state index >= 15 is 0 Å². The van der Waals surface area contributed by atoms with Gasteiger partial charge in [-0.05, 0) is 30.2 Å². The third-order valence-electron chi connectivity index (χ3n) is 3.17. The average Bonchev–Trinajstić information content (AvgIpc) is 2.77. The van der Waals surface area contributed by atoms with Crippen LogP contribution in [-0.2, 0) is 11.2 Å². The Labute approximate surface area is 90.0 Å². The Hall–Kier alpha value is -1.22. The number of benzene rings is 1. The molecule has 2 heterocycles. The number of hydrogen-bond acceptors (Lipinski definition) is 3. The lowest BCUT2D eigenvalue weighted by molar-refractivity contribution is 0.122. The molecular weight excluding hydrogens is 188 g/mol. The summed E-state index contributed by atoms with van der Waals surface area (Å²) in [6.45, 7) is 4.84. The van der Waals surface area contributed by atoms with Crippen LogP contribution in [0.3, 0.4) is 0 Å². The maximum Gasteiger partial charge on any atom is 0.0642 e. The van der Waals surface area contributed by atoms with Gasteiger partial charge in [0, 0.05) is 31.0 Å². The number of anilines is 2. The van der Waals surface area contributed by atoms with Crippen LogP contribution in [0.5, 0.6) is 0 Å². The first kappa shape index (κ1) is 9.04. The minimum absolute atomic E-state index is 0.856. The van der Waals surface area contributed by atoms with E-state index in [0.29, 0.717) is 0 Å². The summed E-state index contributed by atoms with van der Waals surface area (Å²) in [6.07, 6.45) is 1.16. The molecule has 0 aromatic heterocycles. The normalized spacial score (nSPS) is 19.9. The summed E-state index contributed by atoms with van der Waals surface area (Å²) in [5.74, 6) is 0. The Bertz CT molecular complexity index is 359. The number of fused-ring (bicyclic) bond motifs is 1. The molecule has 0 atom stereocenters. The quantitative estimate of drug-likeness (QED) is 0.750. The molecule has 0 spiro atoms. The first-order valence-corrected chi connectivity index (χ1v) is 5.63. The zero-order valence-corrected chi connectivity index (χ0v) is 8.83. The van der Waals surface area contributed by atoms with Gasteiger partial charge < -0.3 is 15.0 Å². The second kappa shape index (κ2) is 3.74. The van der Waals surface area contributed by atoms with Gasteiger partial charge in [0.05, 0.1) is 13.2 Å². The summed E-state index contributed by atoms with van der Waals surface area (Å²) in [5.41, 5.74) is 4.12. The fourth-order valence-electron chi connectivity index (χ4n) is 2.31. The molecule has 2 aliphatic heterocycles. The molecule has 3 heteroatoms. The van der Waals surface area contributed by atoms with Gasteiger partial charge in [0.1, 0.15) is 0 Å². The van der Waals surface area contributed by atoms with E-state index in [9.17, 15) is 0 Å². The van der Waals surface area contributed by atoms with Crippen LogP contribution < -0.4 is 10.2 Å². The van der Waals surface area contributed by atoms with Gasteiger partial charge in [0.15, 0.2) is 0 Å². The molecule has 1 fully saturated rings. The van der Waals surface area contributed by atoms with Crippen LogP contribution in [-0.4, -0.2) is 32.8 Å². The number of nitrogens with zero attached hydrogens (tertiary/aromatic N) is 1. The lowest BCUT2D eigenvalue weighted by atomic mass is 10.1. The van der Waals surface area contributed by atoms with Gasteiger partial charge in [-0.2, -0.15) is 0 Å². The summed E-state index contributed by atoms with van der Waals surface area (Å²) in [6, 6.07) is 6.73. The van der Waals surface area contributed by atoms with Crippen molar-refractivity contribution in [3.8, 4) is 0 Å². The van der Waals surface area contributed by atoms with Crippen molar-refractivity contribution < 1.29 is 4.74 Å². The summed E-state index contributed by atoms with van der Waals surface area (Å²) < 4.78 is 5.36. The molecule has 0 amide bonds. The van der Waals surface area contributed by atoms with Crippen LogP contribution >= 0.6 is 0 Å². The molecule has 1 N–H and O–H groups in total. The van der Waals surface area contributed by atoms with Crippen LogP contribution in [0.1, 0.15) is 5.56 Å². The van der Waals surface area contributed by atoms with Crippen LogP contribution in [0.2, 0.25) is 0 Å². The Kier molecular flexibility index (Phi) is 2.25. The van der Waals surface area contributed by atoms with Crippen molar-refractivity contribution in [2.75, 3.05) is 43.1 Å². The van der Waals surface area contributed by atoms with E-state index < -0.39 is 0 Å². The predicted molar refractivity (Wildman–Crippen MR) is 61.7 cm³/mol. The van der Waals surface area contributed by atoms with Gasteiger partial charge >= 0.3 is 0 Å². The van der Waals surface area contributed by atoms with Gasteiger partial charge in [0.2, 0.25) is 0 Å². The molecule has 1 aromatic carbocycles. The Morgan fingerprint density at radius 2 is 2.07 bits per heavy atom. The van der Waals surface area contributed by atoms with E-state index in [2.05, 4.69) is 28.4 Å². The highest BCUT2D eigenvalue weighted by atomic mass is 16.5. The number of rotatable bonds is 1. The van der Waals surface area contributed by atoms with Gasteiger partial charge in [-0.1, -0.05) is 0 Å². The number of hydrogen-bond donors (Lipinski definition) is 1. The monoisotopic (exact) mass is 204 g/mol. The molecule has 3 rings (SSSR count). The SMILES string of the molecule is c1cc2c(cc1N1CCOCC1)CCN2. The molecule has 1 aromatic rings. The second-order valence-electron chi connectivity index (χ2n) is 4.12. The van der Waals surface area contributed by atoms with Gasteiger partial charge in [0.25, 0.3) is 0 Å². The van der Waals surface area contributed by atoms with E-state index in [1.165, 1.54) is 16.9 Å². The molecule has 0 unspecified atom stereocenters. The summed E-state index contributed by atoms with van der Waals surface area (Å²) in [7, 11) is 0. The Balaban J connectivity index is 1.85. The van der Waals surface area contributed by atoms with Crippen molar-refractivity contribution in [1.29, 1.82) is 0 Å². The van der Waals surface area contributed by atoms with Crippen LogP contribution in [0.4, 0.5) is 11.4 Å². The zero-order valence-electron chi connectivity index (χ0n) is 8.83. The predicted octanol–water partition coefficient (Wildman–Crippen LogP) is 1.49. The molecule has 3 nitrogen and oxygen atoms in total. The Morgan fingerprint density at radius 1 is 1.20 bits per heavy atom. The van der Waals surface area contributed by atoms with Crippen molar-refractivity contribution in [2.24, 2.45) is 0 Å². The fourth-order valence-corrected chi connectivity index (χ4v) is 2.31. The molecule has 1 saturated heterocycles. The molecule has 0 aliphatic carbocycles.